The second kappa shape index (κ2) is 8.36. The lowest BCUT2D eigenvalue weighted by atomic mass is 9.70. The van der Waals surface area contributed by atoms with Gasteiger partial charge in [-0.05, 0) is 18.8 Å². The molecule has 1 fully saturated rings. The number of aliphatic hydroxyl groups is 1. The van der Waals surface area contributed by atoms with Crippen LogP contribution in [-0.4, -0.2) is 40.8 Å². The Morgan fingerprint density at radius 1 is 1.08 bits per heavy atom. The van der Waals surface area contributed by atoms with E-state index in [2.05, 4.69) is 15.6 Å². The van der Waals surface area contributed by atoms with Crippen LogP contribution in [0.4, 0.5) is 4.79 Å². The molecule has 0 radical (unpaired) electrons. The number of urea groups is 1. The van der Waals surface area contributed by atoms with Gasteiger partial charge in [-0.1, -0.05) is 27.2 Å². The fraction of sp³-hybridized carbons (Fsp3) is 0.600. The fourth-order valence-electron chi connectivity index (χ4n) is 2.85. The molecule has 2 rings (SSSR count). The molecule has 2 heterocycles. The van der Waals surface area contributed by atoms with Crippen molar-refractivity contribution in [3.8, 4) is 0 Å². The first-order valence-corrected chi connectivity index (χ1v) is 7.94. The summed E-state index contributed by atoms with van der Waals surface area (Å²) in [6, 6.07) is -1.33. The van der Waals surface area contributed by atoms with Crippen LogP contribution in [0.2, 0.25) is 0 Å². The zero-order valence-electron chi connectivity index (χ0n) is 14.3. The quantitative estimate of drug-likeness (QED) is 0.526. The van der Waals surface area contributed by atoms with Crippen molar-refractivity contribution in [1.82, 2.24) is 16.0 Å². The Bertz CT molecular complexity index is 608. The maximum atomic E-state index is 11.9. The topological polar surface area (TPSA) is 154 Å². The number of carbonyl (C=O) groups excluding carboxylic acids is 5. The van der Waals surface area contributed by atoms with Crippen LogP contribution in [0.25, 0.3) is 0 Å². The van der Waals surface area contributed by atoms with E-state index >= 15 is 0 Å². The van der Waals surface area contributed by atoms with Gasteiger partial charge in [-0.3, -0.25) is 35.1 Å². The summed E-state index contributed by atoms with van der Waals surface area (Å²) in [7, 11) is 0. The molecular weight excluding hydrogens is 332 g/mol. The van der Waals surface area contributed by atoms with Gasteiger partial charge in [-0.15, -0.1) is 0 Å². The first-order valence-electron chi connectivity index (χ1n) is 7.94. The maximum Gasteiger partial charge on any atom is 0.328 e. The average molecular weight is 354 g/mol. The summed E-state index contributed by atoms with van der Waals surface area (Å²) in [6.07, 6.45) is 1.81. The van der Waals surface area contributed by atoms with E-state index in [4.69, 9.17) is 5.11 Å². The van der Waals surface area contributed by atoms with Crippen LogP contribution in [-0.2, 0) is 19.2 Å². The molecule has 10 heteroatoms. The Morgan fingerprint density at radius 3 is 2.04 bits per heavy atom. The highest BCUT2D eigenvalue weighted by Gasteiger charge is 2.52. The first kappa shape index (κ1) is 20.3. The van der Waals surface area contributed by atoms with Gasteiger partial charge in [-0.2, -0.15) is 4.99 Å². The van der Waals surface area contributed by atoms with Crippen LogP contribution in [0.15, 0.2) is 4.99 Å². The molecule has 1 unspecified atom stereocenters. The van der Waals surface area contributed by atoms with Gasteiger partial charge in [0, 0.05) is 0 Å². The second-order valence-electron chi connectivity index (χ2n) is 5.81. The number of amides is 6. The van der Waals surface area contributed by atoms with Gasteiger partial charge in [0.2, 0.25) is 17.7 Å². The molecule has 0 saturated carbocycles. The molecule has 2 aliphatic heterocycles. The Balaban J connectivity index is 0.000000293. The summed E-state index contributed by atoms with van der Waals surface area (Å²) in [6.45, 7) is 5.67. The molecule has 4 N–H and O–H groups in total. The summed E-state index contributed by atoms with van der Waals surface area (Å²) in [5.74, 6) is -2.14. The highest BCUT2D eigenvalue weighted by Crippen LogP contribution is 2.36. The van der Waals surface area contributed by atoms with Gasteiger partial charge < -0.3 is 5.11 Å². The number of barbiturate groups is 1. The lowest BCUT2D eigenvalue weighted by Crippen LogP contribution is -2.64. The molecule has 0 aromatic carbocycles. The molecule has 1 atom stereocenters. The standard InChI is InChI=1S/C11H18N2O3.C4H4N2O3/c1-4-6-7(3)11(5-2)8(14)12-10(16)13-9(11)15;7-2-1-3(8)6-4(9)5-2/h7H,4-6H2,1-3H3,(H2,12,13,14,15,16);1H2,(H2,5,6,7,8,9). The minimum Gasteiger partial charge on any atom is -0.480 e. The predicted molar refractivity (Wildman–Crippen MR) is 86.3 cm³/mol. The van der Waals surface area contributed by atoms with Crippen molar-refractivity contribution >= 4 is 35.7 Å². The fourth-order valence-corrected chi connectivity index (χ4v) is 2.85. The molecule has 0 aromatic heterocycles. The summed E-state index contributed by atoms with van der Waals surface area (Å²) in [5.41, 5.74) is -1.09. The third kappa shape index (κ3) is 4.61. The third-order valence-corrected chi connectivity index (χ3v) is 4.18. The number of hydrogen-bond donors (Lipinski definition) is 4. The highest BCUT2D eigenvalue weighted by atomic mass is 16.3. The third-order valence-electron chi connectivity index (χ3n) is 4.18. The Labute approximate surface area is 144 Å². The summed E-state index contributed by atoms with van der Waals surface area (Å²) in [5, 5.41) is 14.8. The SMILES string of the molecule is CCCC(C)C1(CC)C(=O)NC(=O)NC1=O.O=C1CC(=O)NC(O)=N1. The van der Waals surface area contributed by atoms with Crippen LogP contribution in [0, 0.1) is 11.3 Å². The molecule has 0 spiro atoms. The van der Waals surface area contributed by atoms with E-state index in [-0.39, 0.29) is 12.3 Å². The molecule has 0 bridgehead atoms. The van der Waals surface area contributed by atoms with Crippen LogP contribution < -0.4 is 16.0 Å². The van der Waals surface area contributed by atoms with E-state index in [9.17, 15) is 24.0 Å². The number of nitrogens with one attached hydrogen (secondary N) is 3. The van der Waals surface area contributed by atoms with Crippen LogP contribution in [0.5, 0.6) is 0 Å². The van der Waals surface area contributed by atoms with E-state index in [0.717, 1.165) is 12.8 Å². The van der Waals surface area contributed by atoms with Crippen LogP contribution in [0.3, 0.4) is 0 Å². The predicted octanol–water partition coefficient (Wildman–Crippen LogP) is 0.132. The van der Waals surface area contributed by atoms with Gasteiger partial charge in [0.15, 0.2) is 0 Å². The largest absolute Gasteiger partial charge is 0.480 e. The zero-order valence-corrected chi connectivity index (χ0v) is 14.3. The second-order valence-corrected chi connectivity index (χ2v) is 5.81. The number of imide groups is 2. The molecule has 25 heavy (non-hydrogen) atoms. The van der Waals surface area contributed by atoms with Gasteiger partial charge in [0.05, 0.1) is 0 Å². The van der Waals surface area contributed by atoms with Gasteiger partial charge in [0.1, 0.15) is 11.8 Å². The van der Waals surface area contributed by atoms with Crippen molar-refractivity contribution in [3.63, 3.8) is 0 Å². The van der Waals surface area contributed by atoms with E-state index < -0.39 is 41.1 Å². The number of carbonyl (C=O) groups is 5. The van der Waals surface area contributed by atoms with E-state index in [1.807, 2.05) is 19.2 Å². The molecule has 10 nitrogen and oxygen atoms in total. The van der Waals surface area contributed by atoms with Gasteiger partial charge >= 0.3 is 6.03 Å². The monoisotopic (exact) mass is 354 g/mol. The highest BCUT2D eigenvalue weighted by molar-refractivity contribution is 6.19. The lowest BCUT2D eigenvalue weighted by Gasteiger charge is -2.37. The van der Waals surface area contributed by atoms with Gasteiger partial charge in [0.25, 0.3) is 11.9 Å². The molecule has 1 saturated heterocycles. The number of nitrogens with zero attached hydrogens (tertiary/aromatic N) is 1. The van der Waals surface area contributed by atoms with E-state index in [0.29, 0.717) is 6.42 Å². The molecule has 0 aliphatic carbocycles. The average Bonchev–Trinajstić information content (AvgIpc) is 2.46. The number of amidine groups is 1. The van der Waals surface area contributed by atoms with Crippen molar-refractivity contribution in [2.75, 3.05) is 0 Å². The Morgan fingerprint density at radius 2 is 1.64 bits per heavy atom. The van der Waals surface area contributed by atoms with Crippen molar-refractivity contribution < 1.29 is 29.1 Å². The number of aliphatic imine (C=N–C) groups is 1. The minimum absolute atomic E-state index is 0.0735. The number of rotatable bonds is 4. The molecule has 6 amide bonds. The van der Waals surface area contributed by atoms with Crippen molar-refractivity contribution in [2.24, 2.45) is 16.3 Å². The van der Waals surface area contributed by atoms with E-state index in [1.165, 1.54) is 0 Å². The van der Waals surface area contributed by atoms with Gasteiger partial charge in [-0.25, -0.2) is 4.79 Å². The minimum atomic E-state index is -1.09. The molecule has 138 valence electrons. The number of hydrogen-bond acceptors (Lipinski definition) is 5. The van der Waals surface area contributed by atoms with Crippen molar-refractivity contribution in [2.45, 2.75) is 46.5 Å². The van der Waals surface area contributed by atoms with E-state index in [1.54, 1.807) is 6.92 Å². The Kier molecular flexibility index (Phi) is 6.77. The summed E-state index contributed by atoms with van der Waals surface area (Å²) in [4.78, 5) is 58.4. The number of aliphatic hydroxyl groups excluding tert-OH is 1. The summed E-state index contributed by atoms with van der Waals surface area (Å²) >= 11 is 0. The molecule has 0 aromatic rings. The summed E-state index contributed by atoms with van der Waals surface area (Å²) < 4.78 is 0. The maximum absolute atomic E-state index is 11.9. The van der Waals surface area contributed by atoms with Crippen molar-refractivity contribution in [1.29, 1.82) is 0 Å². The molecular formula is C15H22N4O6. The molecule has 2 aliphatic rings. The van der Waals surface area contributed by atoms with Crippen molar-refractivity contribution in [3.05, 3.63) is 0 Å². The smallest absolute Gasteiger partial charge is 0.328 e. The normalized spacial score (nSPS) is 20.4. The first-order chi connectivity index (χ1) is 11.7. The van der Waals surface area contributed by atoms with Crippen LogP contribution in [0.1, 0.15) is 46.5 Å². The lowest BCUT2D eigenvalue weighted by molar-refractivity contribution is -0.148. The zero-order chi connectivity index (χ0) is 19.2. The van der Waals surface area contributed by atoms with Crippen LogP contribution >= 0.6 is 0 Å². The Hall–Kier alpha value is -2.78.